The number of hydrogen-bond acceptors (Lipinski definition) is 6. The number of rotatable bonds is 3. The van der Waals surface area contributed by atoms with Gasteiger partial charge in [0.15, 0.2) is 0 Å². The number of nitro groups is 1. The number of benzene rings is 1. The van der Waals surface area contributed by atoms with E-state index in [1.165, 1.54) is 6.07 Å². The number of nitrogens with zero attached hydrogens (tertiary/aromatic N) is 4. The molecule has 2 heterocycles. The Morgan fingerprint density at radius 2 is 2.12 bits per heavy atom. The number of pyridine rings is 1. The van der Waals surface area contributed by atoms with Gasteiger partial charge in [0.1, 0.15) is 35.0 Å². The molecular weight excluding hydrogens is 322 g/mol. The summed E-state index contributed by atoms with van der Waals surface area (Å²) in [6.45, 7) is 3.79. The lowest BCUT2D eigenvalue weighted by Crippen LogP contribution is -2.06. The van der Waals surface area contributed by atoms with Crippen molar-refractivity contribution in [3.63, 3.8) is 0 Å². The maximum absolute atomic E-state index is 11.0. The van der Waals surface area contributed by atoms with E-state index in [0.29, 0.717) is 16.8 Å². The second kappa shape index (κ2) is 5.79. The lowest BCUT2D eigenvalue weighted by Gasteiger charge is -2.16. The van der Waals surface area contributed by atoms with Gasteiger partial charge >= 0.3 is 0 Å². The van der Waals surface area contributed by atoms with Crippen LogP contribution in [0.1, 0.15) is 16.7 Å². The van der Waals surface area contributed by atoms with E-state index in [4.69, 9.17) is 10.5 Å². The summed E-state index contributed by atoms with van der Waals surface area (Å²) in [6.07, 6.45) is 1.16. The normalized spacial score (nSPS) is 10.6. The van der Waals surface area contributed by atoms with Crippen LogP contribution < -0.4 is 10.5 Å². The molecule has 0 radical (unpaired) electrons. The molecule has 8 nitrogen and oxygen atoms in total. The van der Waals surface area contributed by atoms with Crippen LogP contribution in [0.5, 0.6) is 5.75 Å². The van der Waals surface area contributed by atoms with Crippen LogP contribution in [0.2, 0.25) is 0 Å². The van der Waals surface area contributed by atoms with E-state index in [-0.39, 0.29) is 17.1 Å². The third kappa shape index (κ3) is 2.33. The van der Waals surface area contributed by atoms with Gasteiger partial charge in [0, 0.05) is 17.0 Å². The highest BCUT2D eigenvalue weighted by Crippen LogP contribution is 2.36. The molecule has 0 fully saturated rings. The molecule has 0 saturated heterocycles. The number of aryl methyl sites for hydroxylation is 1. The van der Waals surface area contributed by atoms with Crippen molar-refractivity contribution in [1.82, 2.24) is 9.55 Å². The zero-order valence-electron chi connectivity index (χ0n) is 13.9. The van der Waals surface area contributed by atoms with E-state index in [2.05, 4.69) is 4.98 Å². The standard InChI is InChI=1S/C17H15N5O3/c1-9-4-5-14(25-3)10(2)15(9)21-16(19)13(7-18)12-6-11(22(23)24)8-20-17(12)21/h4-6,8H,19H2,1-3H3. The number of ether oxygens (including phenoxy) is 1. The molecule has 2 N–H and O–H groups in total. The van der Waals surface area contributed by atoms with Gasteiger partial charge in [-0.05, 0) is 25.5 Å². The third-order valence-electron chi connectivity index (χ3n) is 4.18. The topological polar surface area (TPSA) is 120 Å². The minimum absolute atomic E-state index is 0.160. The minimum atomic E-state index is -0.552. The van der Waals surface area contributed by atoms with Crippen LogP contribution in [-0.2, 0) is 0 Å². The van der Waals surface area contributed by atoms with Gasteiger partial charge in [-0.2, -0.15) is 5.26 Å². The molecule has 126 valence electrons. The van der Waals surface area contributed by atoms with Crippen molar-refractivity contribution >= 4 is 22.5 Å². The Hall–Kier alpha value is -3.60. The SMILES string of the molecule is COc1ccc(C)c(-n2c(N)c(C#N)c3cc([N+](=O)[O-])cnc32)c1C. The maximum atomic E-state index is 11.0. The number of anilines is 1. The molecule has 0 spiro atoms. The fraction of sp³-hybridized carbons (Fsp3) is 0.176. The number of nitriles is 1. The number of fused-ring (bicyclic) bond motifs is 1. The van der Waals surface area contributed by atoms with Crippen molar-refractivity contribution in [3.05, 3.63) is 51.2 Å². The summed E-state index contributed by atoms with van der Waals surface area (Å²) in [4.78, 5) is 14.7. The molecule has 8 heteroatoms. The molecule has 2 aromatic heterocycles. The summed E-state index contributed by atoms with van der Waals surface area (Å²) in [6, 6.07) is 7.07. The van der Waals surface area contributed by atoms with Crippen LogP contribution in [0.25, 0.3) is 16.7 Å². The summed E-state index contributed by atoms with van der Waals surface area (Å²) in [5.41, 5.74) is 9.04. The summed E-state index contributed by atoms with van der Waals surface area (Å²) < 4.78 is 7.01. The van der Waals surface area contributed by atoms with Crippen molar-refractivity contribution in [1.29, 1.82) is 5.26 Å². The van der Waals surface area contributed by atoms with Gasteiger partial charge in [0.25, 0.3) is 5.69 Å². The van der Waals surface area contributed by atoms with Crippen molar-refractivity contribution in [2.24, 2.45) is 0 Å². The van der Waals surface area contributed by atoms with E-state index in [1.807, 2.05) is 32.0 Å². The van der Waals surface area contributed by atoms with Crippen molar-refractivity contribution < 1.29 is 9.66 Å². The summed E-state index contributed by atoms with van der Waals surface area (Å²) in [5, 5.41) is 20.8. The summed E-state index contributed by atoms with van der Waals surface area (Å²) >= 11 is 0. The van der Waals surface area contributed by atoms with E-state index in [9.17, 15) is 15.4 Å². The van der Waals surface area contributed by atoms with Gasteiger partial charge < -0.3 is 10.5 Å². The summed E-state index contributed by atoms with van der Waals surface area (Å²) in [5.74, 6) is 0.854. The Morgan fingerprint density at radius 3 is 2.72 bits per heavy atom. The van der Waals surface area contributed by atoms with Crippen LogP contribution >= 0.6 is 0 Å². The number of methoxy groups -OCH3 is 1. The van der Waals surface area contributed by atoms with Crippen LogP contribution in [0.15, 0.2) is 24.4 Å². The number of nitrogens with two attached hydrogens (primary N) is 1. The largest absolute Gasteiger partial charge is 0.496 e. The van der Waals surface area contributed by atoms with Gasteiger partial charge in [-0.15, -0.1) is 0 Å². The first kappa shape index (κ1) is 16.3. The lowest BCUT2D eigenvalue weighted by molar-refractivity contribution is -0.385. The van der Waals surface area contributed by atoms with Gasteiger partial charge in [0.2, 0.25) is 0 Å². The second-order valence-corrected chi connectivity index (χ2v) is 5.59. The highest BCUT2D eigenvalue weighted by atomic mass is 16.6. The number of nitrogen functional groups attached to an aromatic ring is 1. The van der Waals surface area contributed by atoms with Crippen LogP contribution in [0.4, 0.5) is 11.5 Å². The average molecular weight is 337 g/mol. The third-order valence-corrected chi connectivity index (χ3v) is 4.18. The minimum Gasteiger partial charge on any atom is -0.496 e. The fourth-order valence-electron chi connectivity index (χ4n) is 3.00. The molecule has 3 aromatic rings. The van der Waals surface area contributed by atoms with E-state index < -0.39 is 4.92 Å². The summed E-state index contributed by atoms with van der Waals surface area (Å²) in [7, 11) is 1.57. The van der Waals surface area contributed by atoms with Gasteiger partial charge in [-0.3, -0.25) is 14.7 Å². The van der Waals surface area contributed by atoms with Crippen molar-refractivity contribution in [2.45, 2.75) is 13.8 Å². The predicted octanol–water partition coefficient (Wildman–Crippen LogP) is 3.01. The molecule has 0 saturated carbocycles. The van der Waals surface area contributed by atoms with Crippen LogP contribution in [0, 0.1) is 35.3 Å². The van der Waals surface area contributed by atoms with Crippen molar-refractivity contribution in [2.75, 3.05) is 12.8 Å². The number of aromatic nitrogens is 2. The molecule has 0 aliphatic heterocycles. The molecule has 0 bridgehead atoms. The van der Waals surface area contributed by atoms with E-state index in [0.717, 1.165) is 23.0 Å². The zero-order valence-corrected chi connectivity index (χ0v) is 13.9. The molecule has 0 aliphatic rings. The number of hydrogen-bond donors (Lipinski definition) is 1. The van der Waals surface area contributed by atoms with Crippen LogP contribution in [0.3, 0.4) is 0 Å². The zero-order chi connectivity index (χ0) is 18.3. The molecule has 0 unspecified atom stereocenters. The predicted molar refractivity (Wildman–Crippen MR) is 92.9 cm³/mol. The Balaban J connectivity index is 2.45. The Labute approximate surface area is 143 Å². The van der Waals surface area contributed by atoms with E-state index in [1.54, 1.807) is 11.7 Å². The van der Waals surface area contributed by atoms with Crippen LogP contribution in [-0.4, -0.2) is 21.6 Å². The Bertz CT molecular complexity index is 1060. The first-order valence-electron chi connectivity index (χ1n) is 7.39. The maximum Gasteiger partial charge on any atom is 0.288 e. The first-order valence-corrected chi connectivity index (χ1v) is 7.39. The highest BCUT2D eigenvalue weighted by Gasteiger charge is 2.23. The molecule has 3 rings (SSSR count). The monoisotopic (exact) mass is 337 g/mol. The quantitative estimate of drug-likeness (QED) is 0.579. The first-order chi connectivity index (χ1) is 11.9. The fourth-order valence-corrected chi connectivity index (χ4v) is 3.00. The molecule has 25 heavy (non-hydrogen) atoms. The molecule has 0 aliphatic carbocycles. The average Bonchev–Trinajstić information content (AvgIpc) is 2.86. The Morgan fingerprint density at radius 1 is 1.40 bits per heavy atom. The molecular formula is C17H15N5O3. The van der Waals surface area contributed by atoms with Gasteiger partial charge in [-0.25, -0.2) is 4.98 Å². The Kier molecular flexibility index (Phi) is 3.77. The van der Waals surface area contributed by atoms with Crippen molar-refractivity contribution in [3.8, 4) is 17.5 Å². The molecule has 0 amide bonds. The van der Waals surface area contributed by atoms with Gasteiger partial charge in [-0.1, -0.05) is 6.07 Å². The molecule has 0 atom stereocenters. The molecule has 1 aromatic carbocycles. The highest BCUT2D eigenvalue weighted by molar-refractivity contribution is 5.93. The lowest BCUT2D eigenvalue weighted by atomic mass is 10.1. The smallest absolute Gasteiger partial charge is 0.288 e. The second-order valence-electron chi connectivity index (χ2n) is 5.59. The van der Waals surface area contributed by atoms with E-state index >= 15 is 0 Å². The van der Waals surface area contributed by atoms with Gasteiger partial charge in [0.05, 0.1) is 17.7 Å².